The SMILES string of the molecule is CCCCCCCCCCCCOC(C)OC(=O)CC(C(=O)OC(C)OCCCCCCCCCCCC)S(=O)(=O)O. The van der Waals surface area contributed by atoms with Crippen molar-refractivity contribution in [3.8, 4) is 0 Å². The van der Waals surface area contributed by atoms with Crippen molar-refractivity contribution < 1.29 is 41.5 Å². The van der Waals surface area contributed by atoms with Crippen LogP contribution < -0.4 is 0 Å². The molecule has 0 saturated heterocycles. The number of unbranched alkanes of at least 4 members (excludes halogenated alkanes) is 18. The molecular weight excluding hydrogens is 560 g/mol. The van der Waals surface area contributed by atoms with Crippen LogP contribution in [-0.4, -0.2) is 56.0 Å². The van der Waals surface area contributed by atoms with Crippen LogP contribution in [0.1, 0.15) is 163 Å². The molecule has 0 saturated carbocycles. The largest absolute Gasteiger partial charge is 0.436 e. The molecule has 42 heavy (non-hydrogen) atoms. The Bertz CT molecular complexity index is 757. The van der Waals surface area contributed by atoms with Crippen molar-refractivity contribution in [3.63, 3.8) is 0 Å². The predicted octanol–water partition coefficient (Wildman–Crippen LogP) is 8.29. The fourth-order valence-electron chi connectivity index (χ4n) is 4.68. The lowest BCUT2D eigenvalue weighted by Gasteiger charge is -2.19. The molecule has 3 unspecified atom stereocenters. The van der Waals surface area contributed by atoms with Crippen LogP contribution in [0.15, 0.2) is 0 Å². The van der Waals surface area contributed by atoms with Crippen molar-refractivity contribution in [2.75, 3.05) is 13.2 Å². The number of rotatable bonds is 30. The third kappa shape index (κ3) is 25.3. The number of carbonyl (C=O) groups is 2. The summed E-state index contributed by atoms with van der Waals surface area (Å²) in [5.41, 5.74) is 0. The first kappa shape index (κ1) is 40.8. The second-order valence-corrected chi connectivity index (χ2v) is 13.0. The maximum atomic E-state index is 12.4. The van der Waals surface area contributed by atoms with E-state index in [9.17, 15) is 22.6 Å². The van der Waals surface area contributed by atoms with Gasteiger partial charge in [0.05, 0.1) is 19.6 Å². The molecular formula is C32H62O9S. The minimum absolute atomic E-state index is 0.359. The highest BCUT2D eigenvalue weighted by Gasteiger charge is 2.37. The van der Waals surface area contributed by atoms with Gasteiger partial charge in [-0.2, -0.15) is 8.42 Å². The maximum Gasteiger partial charge on any atom is 0.329 e. The van der Waals surface area contributed by atoms with Gasteiger partial charge in [-0.25, -0.2) is 0 Å². The second kappa shape index (κ2) is 27.3. The van der Waals surface area contributed by atoms with Crippen molar-refractivity contribution in [2.24, 2.45) is 0 Å². The van der Waals surface area contributed by atoms with Gasteiger partial charge in [-0.1, -0.05) is 129 Å². The smallest absolute Gasteiger partial charge is 0.329 e. The minimum Gasteiger partial charge on any atom is -0.436 e. The van der Waals surface area contributed by atoms with Crippen LogP contribution in [0.25, 0.3) is 0 Å². The Hall–Kier alpha value is -1.23. The number of hydrogen-bond acceptors (Lipinski definition) is 8. The zero-order chi connectivity index (χ0) is 31.5. The number of carbonyl (C=O) groups excluding carboxylic acids is 2. The molecule has 0 fully saturated rings. The van der Waals surface area contributed by atoms with Crippen molar-refractivity contribution in [2.45, 2.75) is 180 Å². The monoisotopic (exact) mass is 622 g/mol. The summed E-state index contributed by atoms with van der Waals surface area (Å²) in [4.78, 5) is 24.7. The number of ether oxygens (including phenoxy) is 4. The molecule has 3 atom stereocenters. The average Bonchev–Trinajstić information content (AvgIpc) is 2.92. The highest BCUT2D eigenvalue weighted by Crippen LogP contribution is 2.14. The second-order valence-electron chi connectivity index (χ2n) is 11.4. The van der Waals surface area contributed by atoms with Gasteiger partial charge in [0.1, 0.15) is 0 Å². The normalized spacial score (nSPS) is 13.9. The third-order valence-corrected chi connectivity index (χ3v) is 8.33. The molecule has 9 nitrogen and oxygen atoms in total. The maximum absolute atomic E-state index is 12.4. The summed E-state index contributed by atoms with van der Waals surface area (Å²) in [7, 11) is -4.90. The Balaban J connectivity index is 4.12. The van der Waals surface area contributed by atoms with Crippen LogP contribution in [0.5, 0.6) is 0 Å². The third-order valence-electron chi connectivity index (χ3n) is 7.25. The summed E-state index contributed by atoms with van der Waals surface area (Å²) in [5, 5.41) is -2.09. The van der Waals surface area contributed by atoms with E-state index in [0.717, 1.165) is 38.5 Å². The van der Waals surface area contributed by atoms with E-state index in [1.165, 1.54) is 104 Å². The molecule has 0 spiro atoms. The van der Waals surface area contributed by atoms with Crippen molar-refractivity contribution >= 4 is 22.1 Å². The molecule has 0 aromatic rings. The van der Waals surface area contributed by atoms with Crippen LogP contribution in [0.4, 0.5) is 0 Å². The van der Waals surface area contributed by atoms with Crippen molar-refractivity contribution in [1.82, 2.24) is 0 Å². The molecule has 0 heterocycles. The topological polar surface area (TPSA) is 125 Å². The van der Waals surface area contributed by atoms with E-state index in [2.05, 4.69) is 13.8 Å². The predicted molar refractivity (Wildman–Crippen MR) is 167 cm³/mol. The van der Waals surface area contributed by atoms with E-state index >= 15 is 0 Å². The van der Waals surface area contributed by atoms with E-state index in [4.69, 9.17) is 18.9 Å². The summed E-state index contributed by atoms with van der Waals surface area (Å²) in [6.45, 7) is 8.19. The quantitative estimate of drug-likeness (QED) is 0.0364. The van der Waals surface area contributed by atoms with Gasteiger partial charge in [0.2, 0.25) is 0 Å². The zero-order valence-corrected chi connectivity index (χ0v) is 27.9. The van der Waals surface area contributed by atoms with Gasteiger partial charge >= 0.3 is 11.9 Å². The molecule has 0 rings (SSSR count). The van der Waals surface area contributed by atoms with Gasteiger partial charge in [0, 0.05) is 0 Å². The zero-order valence-electron chi connectivity index (χ0n) is 27.1. The first-order valence-corrected chi connectivity index (χ1v) is 18.2. The fourth-order valence-corrected chi connectivity index (χ4v) is 5.33. The molecule has 10 heteroatoms. The molecule has 0 aliphatic carbocycles. The first-order valence-electron chi connectivity index (χ1n) is 16.7. The van der Waals surface area contributed by atoms with E-state index < -0.39 is 46.3 Å². The van der Waals surface area contributed by atoms with Gasteiger partial charge in [-0.15, -0.1) is 0 Å². The lowest BCUT2D eigenvalue weighted by Crippen LogP contribution is -2.37. The van der Waals surface area contributed by atoms with Crippen LogP contribution >= 0.6 is 0 Å². The first-order chi connectivity index (χ1) is 20.1. The van der Waals surface area contributed by atoms with Crippen molar-refractivity contribution in [1.29, 1.82) is 0 Å². The molecule has 0 radical (unpaired) electrons. The minimum atomic E-state index is -4.90. The highest BCUT2D eigenvalue weighted by atomic mass is 32.2. The molecule has 0 amide bonds. The Morgan fingerprint density at radius 1 is 0.571 bits per heavy atom. The summed E-state index contributed by atoms with van der Waals surface area (Å²) in [5.74, 6) is -2.24. The number of esters is 2. The summed E-state index contributed by atoms with van der Waals surface area (Å²) < 4.78 is 54.2. The Labute approximate surface area is 256 Å². The van der Waals surface area contributed by atoms with Crippen LogP contribution in [0.3, 0.4) is 0 Å². The van der Waals surface area contributed by atoms with Crippen molar-refractivity contribution in [3.05, 3.63) is 0 Å². The van der Waals surface area contributed by atoms with Gasteiger partial charge in [0.15, 0.2) is 17.8 Å². The van der Waals surface area contributed by atoms with E-state index in [1.807, 2.05) is 0 Å². The van der Waals surface area contributed by atoms with Crippen LogP contribution in [0.2, 0.25) is 0 Å². The Morgan fingerprint density at radius 2 is 0.905 bits per heavy atom. The van der Waals surface area contributed by atoms with E-state index in [1.54, 1.807) is 0 Å². The average molecular weight is 623 g/mol. The molecule has 250 valence electrons. The summed E-state index contributed by atoms with van der Waals surface area (Å²) in [6.07, 6.45) is 20.9. The molecule has 0 bridgehead atoms. The van der Waals surface area contributed by atoms with E-state index in [-0.39, 0.29) is 0 Å². The number of hydrogen-bond donors (Lipinski definition) is 1. The van der Waals surface area contributed by atoms with Gasteiger partial charge in [-0.3, -0.25) is 14.1 Å². The van der Waals surface area contributed by atoms with E-state index in [0.29, 0.717) is 13.2 Å². The van der Waals surface area contributed by atoms with Gasteiger partial charge < -0.3 is 18.9 Å². The van der Waals surface area contributed by atoms with Gasteiger partial charge in [0.25, 0.3) is 10.1 Å². The lowest BCUT2D eigenvalue weighted by molar-refractivity contribution is -0.181. The van der Waals surface area contributed by atoms with Gasteiger partial charge in [-0.05, 0) is 26.7 Å². The molecule has 1 N–H and O–H groups in total. The summed E-state index contributed by atoms with van der Waals surface area (Å²) in [6, 6.07) is 0. The molecule has 0 aliphatic heterocycles. The lowest BCUT2D eigenvalue weighted by atomic mass is 10.1. The highest BCUT2D eigenvalue weighted by molar-refractivity contribution is 7.87. The van der Waals surface area contributed by atoms with Crippen LogP contribution in [0, 0.1) is 0 Å². The molecule has 0 aliphatic rings. The standard InChI is InChI=1S/C32H62O9S/c1-5-7-9-11-13-15-17-19-21-23-25-38-28(3)40-31(33)27-30(42(35,36)37)32(34)41-29(4)39-26-24-22-20-18-16-14-12-10-8-6-2/h28-30H,5-27H2,1-4H3,(H,35,36,37). The Morgan fingerprint density at radius 3 is 1.26 bits per heavy atom. The molecule has 0 aromatic heterocycles. The summed E-state index contributed by atoms with van der Waals surface area (Å²) >= 11 is 0. The fraction of sp³-hybridized carbons (Fsp3) is 0.938. The van der Waals surface area contributed by atoms with Crippen LogP contribution in [-0.2, 0) is 38.7 Å². The molecule has 0 aromatic carbocycles. The Kier molecular flexibility index (Phi) is 26.5.